The molecule has 4 rings (SSSR count). The molecule has 180 valence electrons. The summed E-state index contributed by atoms with van der Waals surface area (Å²) in [5, 5.41) is 8.30. The molecular formula is C26H31ClFN5O. The second kappa shape index (κ2) is 10.2. The number of carbonyl (C=O) groups is 1. The average molecular weight is 484 g/mol. The molecule has 34 heavy (non-hydrogen) atoms. The van der Waals surface area contributed by atoms with E-state index in [4.69, 9.17) is 11.6 Å². The zero-order valence-corrected chi connectivity index (χ0v) is 20.6. The number of rotatable bonds is 6. The van der Waals surface area contributed by atoms with Crippen LogP contribution in [-0.4, -0.2) is 59.9 Å². The minimum atomic E-state index is -0.280. The van der Waals surface area contributed by atoms with E-state index in [0.717, 1.165) is 49.7 Å². The molecule has 1 amide bonds. The summed E-state index contributed by atoms with van der Waals surface area (Å²) >= 11 is 6.04. The molecule has 1 aliphatic heterocycles. The minimum absolute atomic E-state index is 0.178. The molecule has 2 heterocycles. The van der Waals surface area contributed by atoms with Crippen LogP contribution in [0.3, 0.4) is 0 Å². The first-order valence-corrected chi connectivity index (χ1v) is 12.0. The lowest BCUT2D eigenvalue weighted by Gasteiger charge is -2.36. The maximum Gasteiger partial charge on any atom is 0.271 e. The van der Waals surface area contributed by atoms with Gasteiger partial charge in [-0.05, 0) is 68.8 Å². The Morgan fingerprint density at radius 3 is 2.29 bits per heavy atom. The van der Waals surface area contributed by atoms with Crippen molar-refractivity contribution < 1.29 is 9.18 Å². The summed E-state index contributed by atoms with van der Waals surface area (Å²) < 4.78 is 15.0. The quantitative estimate of drug-likeness (QED) is 0.554. The molecule has 0 spiro atoms. The van der Waals surface area contributed by atoms with Gasteiger partial charge in [-0.3, -0.25) is 14.4 Å². The third-order valence-electron chi connectivity index (χ3n) is 6.00. The zero-order chi connectivity index (χ0) is 24.3. The van der Waals surface area contributed by atoms with Crippen molar-refractivity contribution in [3.8, 4) is 11.3 Å². The van der Waals surface area contributed by atoms with Crippen molar-refractivity contribution in [2.45, 2.75) is 26.3 Å². The van der Waals surface area contributed by atoms with Crippen LogP contribution in [0.25, 0.3) is 11.3 Å². The summed E-state index contributed by atoms with van der Waals surface area (Å²) in [5.74, 6) is -0.395. The van der Waals surface area contributed by atoms with Gasteiger partial charge in [0.05, 0.1) is 11.2 Å². The molecule has 1 fully saturated rings. The van der Waals surface area contributed by atoms with Crippen LogP contribution in [0.5, 0.6) is 0 Å². The highest BCUT2D eigenvalue weighted by atomic mass is 35.5. The van der Waals surface area contributed by atoms with E-state index in [2.05, 4.69) is 41.0 Å². The van der Waals surface area contributed by atoms with Crippen molar-refractivity contribution in [1.29, 1.82) is 0 Å². The number of anilines is 1. The van der Waals surface area contributed by atoms with Gasteiger partial charge in [0.1, 0.15) is 5.82 Å². The summed E-state index contributed by atoms with van der Waals surface area (Å²) in [6, 6.07) is 16.0. The van der Waals surface area contributed by atoms with Gasteiger partial charge in [-0.2, -0.15) is 5.10 Å². The molecule has 1 aromatic heterocycles. The summed E-state index contributed by atoms with van der Waals surface area (Å²) in [5.41, 5.74) is 3.01. The van der Waals surface area contributed by atoms with Gasteiger partial charge < -0.3 is 10.2 Å². The van der Waals surface area contributed by atoms with Crippen LogP contribution in [0.15, 0.2) is 54.6 Å². The highest BCUT2D eigenvalue weighted by Crippen LogP contribution is 2.27. The second-order valence-electron chi connectivity index (χ2n) is 9.57. The van der Waals surface area contributed by atoms with E-state index in [0.29, 0.717) is 17.3 Å². The smallest absolute Gasteiger partial charge is 0.271 e. The fourth-order valence-electron chi connectivity index (χ4n) is 4.13. The van der Waals surface area contributed by atoms with Gasteiger partial charge in [0.25, 0.3) is 5.91 Å². The predicted molar refractivity (Wildman–Crippen MR) is 135 cm³/mol. The van der Waals surface area contributed by atoms with E-state index in [1.54, 1.807) is 0 Å². The van der Waals surface area contributed by atoms with Gasteiger partial charge in [-0.25, -0.2) is 4.39 Å². The SMILES string of the molecule is CC(C)(C)n1nc(C(=O)NCCN2CCN(c3ccc(F)cc3)CC2)cc1-c1ccc(Cl)cc1. The standard InChI is InChI=1S/C26H31ClFN5O/c1-26(2,3)33-24(19-4-6-20(27)7-5-19)18-23(30-33)25(34)29-12-13-31-14-16-32(17-15-31)22-10-8-21(28)9-11-22/h4-11,18H,12-17H2,1-3H3,(H,29,34). The molecular weight excluding hydrogens is 453 g/mol. The number of aromatic nitrogens is 2. The Labute approximate surface area is 205 Å². The highest BCUT2D eigenvalue weighted by molar-refractivity contribution is 6.30. The molecule has 3 aromatic rings. The lowest BCUT2D eigenvalue weighted by Crippen LogP contribution is -2.48. The van der Waals surface area contributed by atoms with Gasteiger partial charge in [-0.1, -0.05) is 23.7 Å². The van der Waals surface area contributed by atoms with Gasteiger partial charge >= 0.3 is 0 Å². The Morgan fingerprint density at radius 1 is 1.03 bits per heavy atom. The Bertz CT molecular complexity index is 1110. The van der Waals surface area contributed by atoms with Gasteiger partial charge in [0.2, 0.25) is 0 Å². The Hall–Kier alpha value is -2.90. The third kappa shape index (κ3) is 5.77. The summed E-state index contributed by atoms with van der Waals surface area (Å²) in [7, 11) is 0. The monoisotopic (exact) mass is 483 g/mol. The van der Waals surface area contributed by atoms with Crippen LogP contribution in [-0.2, 0) is 5.54 Å². The van der Waals surface area contributed by atoms with E-state index in [9.17, 15) is 9.18 Å². The van der Waals surface area contributed by atoms with Crippen molar-refractivity contribution >= 4 is 23.2 Å². The molecule has 0 aliphatic carbocycles. The topological polar surface area (TPSA) is 53.4 Å². The van der Waals surface area contributed by atoms with Crippen LogP contribution in [0.2, 0.25) is 5.02 Å². The van der Waals surface area contributed by atoms with E-state index in [-0.39, 0.29) is 17.3 Å². The van der Waals surface area contributed by atoms with Crippen molar-refractivity contribution in [2.24, 2.45) is 0 Å². The number of hydrogen-bond acceptors (Lipinski definition) is 4. The first kappa shape index (κ1) is 24.2. The Kier molecular flexibility index (Phi) is 7.24. The van der Waals surface area contributed by atoms with E-state index < -0.39 is 0 Å². The van der Waals surface area contributed by atoms with Crippen molar-refractivity contribution in [3.63, 3.8) is 0 Å². The fraction of sp³-hybridized carbons (Fsp3) is 0.385. The molecule has 0 radical (unpaired) electrons. The number of amides is 1. The molecule has 0 bridgehead atoms. The number of piperazine rings is 1. The van der Waals surface area contributed by atoms with Crippen LogP contribution >= 0.6 is 11.6 Å². The molecule has 0 unspecified atom stereocenters. The fourth-order valence-corrected chi connectivity index (χ4v) is 4.26. The second-order valence-corrected chi connectivity index (χ2v) is 10.0. The van der Waals surface area contributed by atoms with Crippen molar-refractivity contribution in [3.05, 3.63) is 71.1 Å². The maximum atomic E-state index is 13.2. The van der Waals surface area contributed by atoms with Crippen LogP contribution < -0.4 is 10.2 Å². The zero-order valence-electron chi connectivity index (χ0n) is 19.9. The van der Waals surface area contributed by atoms with Crippen LogP contribution in [0, 0.1) is 5.82 Å². The van der Waals surface area contributed by atoms with E-state index in [1.165, 1.54) is 12.1 Å². The normalized spacial score (nSPS) is 14.9. The number of nitrogens with one attached hydrogen (secondary N) is 1. The van der Waals surface area contributed by atoms with Crippen LogP contribution in [0.4, 0.5) is 10.1 Å². The first-order chi connectivity index (χ1) is 16.2. The average Bonchev–Trinajstić information content (AvgIpc) is 3.27. The molecule has 0 atom stereocenters. The molecule has 0 saturated carbocycles. The van der Waals surface area contributed by atoms with Gasteiger partial charge in [-0.15, -0.1) is 0 Å². The molecule has 8 heteroatoms. The molecule has 1 saturated heterocycles. The van der Waals surface area contributed by atoms with Crippen molar-refractivity contribution in [1.82, 2.24) is 20.0 Å². The lowest BCUT2D eigenvalue weighted by atomic mass is 10.1. The number of nitrogens with zero attached hydrogens (tertiary/aromatic N) is 4. The van der Waals surface area contributed by atoms with Gasteiger partial charge in [0.15, 0.2) is 5.69 Å². The first-order valence-electron chi connectivity index (χ1n) is 11.6. The van der Waals surface area contributed by atoms with E-state index >= 15 is 0 Å². The molecule has 1 N–H and O–H groups in total. The van der Waals surface area contributed by atoms with Crippen LogP contribution in [0.1, 0.15) is 31.3 Å². The summed E-state index contributed by atoms with van der Waals surface area (Å²) in [6.45, 7) is 11.0. The molecule has 6 nitrogen and oxygen atoms in total. The number of halogens is 2. The molecule has 1 aliphatic rings. The Balaban J connectivity index is 1.33. The number of carbonyl (C=O) groups excluding carboxylic acids is 1. The van der Waals surface area contributed by atoms with Gasteiger partial charge in [0, 0.05) is 50.0 Å². The number of hydrogen-bond donors (Lipinski definition) is 1. The minimum Gasteiger partial charge on any atom is -0.369 e. The third-order valence-corrected chi connectivity index (χ3v) is 6.25. The predicted octanol–water partition coefficient (Wildman–Crippen LogP) is 4.65. The number of benzene rings is 2. The summed E-state index contributed by atoms with van der Waals surface area (Å²) in [6.07, 6.45) is 0. The highest BCUT2D eigenvalue weighted by Gasteiger charge is 2.23. The maximum absolute atomic E-state index is 13.2. The lowest BCUT2D eigenvalue weighted by molar-refractivity contribution is 0.0941. The van der Waals surface area contributed by atoms with E-state index in [1.807, 2.05) is 47.1 Å². The summed E-state index contributed by atoms with van der Waals surface area (Å²) in [4.78, 5) is 17.4. The molecule has 2 aromatic carbocycles. The van der Waals surface area contributed by atoms with Crippen molar-refractivity contribution in [2.75, 3.05) is 44.2 Å². The Morgan fingerprint density at radius 2 is 1.68 bits per heavy atom. The largest absolute Gasteiger partial charge is 0.369 e.